The Hall–Kier alpha value is -2.67. The minimum atomic E-state index is -3.70. The van der Waals surface area contributed by atoms with Gasteiger partial charge in [-0.1, -0.05) is 32.0 Å². The molecule has 1 saturated heterocycles. The van der Waals surface area contributed by atoms with Crippen molar-refractivity contribution < 1.29 is 18.0 Å². The summed E-state index contributed by atoms with van der Waals surface area (Å²) in [5.41, 5.74) is 2.28. The Labute approximate surface area is 152 Å². The van der Waals surface area contributed by atoms with Gasteiger partial charge in [-0.25, -0.2) is 12.7 Å². The Bertz CT molecular complexity index is 952. The zero-order chi connectivity index (χ0) is 18.9. The van der Waals surface area contributed by atoms with Gasteiger partial charge in [0, 0.05) is 11.3 Å². The highest BCUT2D eigenvalue weighted by molar-refractivity contribution is 7.94. The third-order valence-electron chi connectivity index (χ3n) is 4.32. The third-order valence-corrected chi connectivity index (χ3v) is 6.19. The predicted octanol–water partition coefficient (Wildman–Crippen LogP) is 2.81. The molecule has 2 amide bonds. The van der Waals surface area contributed by atoms with Gasteiger partial charge in [-0.3, -0.25) is 9.59 Å². The highest BCUT2D eigenvalue weighted by Crippen LogP contribution is 2.29. The minimum absolute atomic E-state index is 0.188. The van der Waals surface area contributed by atoms with Crippen LogP contribution in [0.1, 0.15) is 29.8 Å². The first-order valence-corrected chi connectivity index (χ1v) is 10.00. The summed E-state index contributed by atoms with van der Waals surface area (Å²) in [4.78, 5) is 24.7. The van der Waals surface area contributed by atoms with Gasteiger partial charge >= 0.3 is 0 Å². The van der Waals surface area contributed by atoms with Gasteiger partial charge in [0.25, 0.3) is 5.91 Å². The average molecular weight is 372 g/mol. The largest absolute Gasteiger partial charge is 0.322 e. The molecule has 7 heteroatoms. The monoisotopic (exact) mass is 372 g/mol. The van der Waals surface area contributed by atoms with Crippen molar-refractivity contribution in [1.29, 1.82) is 0 Å². The average Bonchev–Trinajstić information content (AvgIpc) is 2.82. The number of sulfonamides is 1. The highest BCUT2D eigenvalue weighted by atomic mass is 32.2. The molecule has 2 aromatic rings. The van der Waals surface area contributed by atoms with Gasteiger partial charge in [0.1, 0.15) is 0 Å². The lowest BCUT2D eigenvalue weighted by Crippen LogP contribution is -2.30. The molecule has 0 aromatic heterocycles. The Morgan fingerprint density at radius 1 is 1.19 bits per heavy atom. The summed E-state index contributed by atoms with van der Waals surface area (Å²) >= 11 is 0. The number of nitrogens with one attached hydrogen (secondary N) is 1. The minimum Gasteiger partial charge on any atom is -0.322 e. The Morgan fingerprint density at radius 2 is 1.88 bits per heavy atom. The number of hydrogen-bond donors (Lipinski definition) is 1. The fourth-order valence-corrected chi connectivity index (χ4v) is 4.70. The summed E-state index contributed by atoms with van der Waals surface area (Å²) in [6.45, 7) is 3.63. The van der Waals surface area contributed by atoms with Crippen molar-refractivity contribution in [2.24, 2.45) is 5.92 Å². The van der Waals surface area contributed by atoms with Crippen LogP contribution in [0.4, 0.5) is 11.4 Å². The number of benzene rings is 2. The molecule has 2 aromatic carbocycles. The molecule has 1 heterocycles. The SMILES string of the molecule is CCc1ccc(NC(=O)c2cccc(N3C(=O)C(C)CS3(=O)=O)c2)cc1. The van der Waals surface area contributed by atoms with Crippen molar-refractivity contribution >= 4 is 33.2 Å². The van der Waals surface area contributed by atoms with E-state index in [0.29, 0.717) is 5.69 Å². The zero-order valence-corrected chi connectivity index (χ0v) is 15.4. The van der Waals surface area contributed by atoms with Crippen LogP contribution in [0.2, 0.25) is 0 Å². The number of rotatable bonds is 4. The Morgan fingerprint density at radius 3 is 2.46 bits per heavy atom. The first-order valence-electron chi connectivity index (χ1n) is 8.39. The molecule has 1 fully saturated rings. The maximum Gasteiger partial charge on any atom is 0.255 e. The van der Waals surface area contributed by atoms with Crippen LogP contribution in [0, 0.1) is 5.92 Å². The van der Waals surface area contributed by atoms with E-state index in [-0.39, 0.29) is 22.9 Å². The fourth-order valence-electron chi connectivity index (χ4n) is 2.89. The van der Waals surface area contributed by atoms with Crippen LogP contribution in [0.3, 0.4) is 0 Å². The van der Waals surface area contributed by atoms with Gasteiger partial charge in [-0.15, -0.1) is 0 Å². The van der Waals surface area contributed by atoms with Crippen LogP contribution in [0.25, 0.3) is 0 Å². The Kier molecular flexibility index (Phi) is 4.82. The van der Waals surface area contributed by atoms with Crippen LogP contribution in [-0.2, 0) is 21.2 Å². The van der Waals surface area contributed by atoms with Crippen molar-refractivity contribution in [3.05, 3.63) is 59.7 Å². The molecule has 6 nitrogen and oxygen atoms in total. The molecule has 0 radical (unpaired) electrons. The first kappa shape index (κ1) is 18.1. The number of anilines is 2. The number of nitrogens with zero attached hydrogens (tertiary/aromatic N) is 1. The lowest BCUT2D eigenvalue weighted by Gasteiger charge is -2.16. The standard InChI is InChI=1S/C19H20N2O4S/c1-3-14-7-9-16(10-8-14)20-18(22)15-5-4-6-17(11-15)21-19(23)13(2)12-26(21,24)25/h4-11,13H,3,12H2,1-2H3,(H,20,22). The lowest BCUT2D eigenvalue weighted by atomic mass is 10.1. The number of carbonyl (C=O) groups is 2. The molecule has 1 N–H and O–H groups in total. The Balaban J connectivity index is 1.84. The quantitative estimate of drug-likeness (QED) is 0.894. The molecule has 136 valence electrons. The first-order chi connectivity index (χ1) is 12.3. The van der Waals surface area contributed by atoms with Crippen molar-refractivity contribution in [2.75, 3.05) is 15.4 Å². The normalized spacial score (nSPS) is 18.8. The summed E-state index contributed by atoms with van der Waals surface area (Å²) in [6, 6.07) is 13.6. The van der Waals surface area contributed by atoms with E-state index in [1.807, 2.05) is 31.2 Å². The molecule has 1 unspecified atom stereocenters. The summed E-state index contributed by atoms with van der Waals surface area (Å²) in [5, 5.41) is 2.78. The maximum atomic E-state index is 12.5. The molecule has 26 heavy (non-hydrogen) atoms. The summed E-state index contributed by atoms with van der Waals surface area (Å²) in [6.07, 6.45) is 0.910. The van der Waals surface area contributed by atoms with E-state index in [2.05, 4.69) is 5.32 Å². The summed E-state index contributed by atoms with van der Waals surface area (Å²) in [7, 11) is -3.70. The molecule has 1 aliphatic rings. The molecule has 1 atom stereocenters. The van der Waals surface area contributed by atoms with Crippen LogP contribution in [0.15, 0.2) is 48.5 Å². The van der Waals surface area contributed by atoms with Crippen molar-refractivity contribution in [3.8, 4) is 0 Å². The molecule has 1 aliphatic heterocycles. The number of hydrogen-bond acceptors (Lipinski definition) is 4. The zero-order valence-electron chi connectivity index (χ0n) is 14.6. The second kappa shape index (κ2) is 6.92. The molecule has 0 bridgehead atoms. The van der Waals surface area contributed by atoms with E-state index in [1.54, 1.807) is 19.1 Å². The van der Waals surface area contributed by atoms with Gasteiger partial charge in [0.2, 0.25) is 15.9 Å². The summed E-state index contributed by atoms with van der Waals surface area (Å²) in [5.74, 6) is -1.65. The van der Waals surface area contributed by atoms with Gasteiger partial charge < -0.3 is 5.32 Å². The smallest absolute Gasteiger partial charge is 0.255 e. The molecule has 3 rings (SSSR count). The number of aryl methyl sites for hydroxylation is 1. The van der Waals surface area contributed by atoms with Crippen LogP contribution in [0.5, 0.6) is 0 Å². The van der Waals surface area contributed by atoms with E-state index in [9.17, 15) is 18.0 Å². The van der Waals surface area contributed by atoms with Gasteiger partial charge in [0.05, 0.1) is 17.4 Å². The van der Waals surface area contributed by atoms with Crippen molar-refractivity contribution in [3.63, 3.8) is 0 Å². The van der Waals surface area contributed by atoms with E-state index < -0.39 is 21.8 Å². The van der Waals surface area contributed by atoms with E-state index in [0.717, 1.165) is 16.3 Å². The molecule has 0 aliphatic carbocycles. The van der Waals surface area contributed by atoms with E-state index in [4.69, 9.17) is 0 Å². The molecular formula is C19H20N2O4S. The number of carbonyl (C=O) groups excluding carboxylic acids is 2. The van der Waals surface area contributed by atoms with Gasteiger partial charge in [-0.2, -0.15) is 0 Å². The molecule has 0 saturated carbocycles. The highest BCUT2D eigenvalue weighted by Gasteiger charge is 2.42. The van der Waals surface area contributed by atoms with Crippen molar-refractivity contribution in [2.45, 2.75) is 20.3 Å². The van der Waals surface area contributed by atoms with E-state index in [1.165, 1.54) is 12.1 Å². The molecular weight excluding hydrogens is 352 g/mol. The lowest BCUT2D eigenvalue weighted by molar-refractivity contribution is -0.119. The van der Waals surface area contributed by atoms with Gasteiger partial charge in [0.15, 0.2) is 0 Å². The maximum absolute atomic E-state index is 12.5. The second-order valence-corrected chi connectivity index (χ2v) is 8.20. The van der Waals surface area contributed by atoms with Crippen molar-refractivity contribution in [1.82, 2.24) is 0 Å². The van der Waals surface area contributed by atoms with Crippen LogP contribution in [-0.4, -0.2) is 26.0 Å². The predicted molar refractivity (Wildman–Crippen MR) is 101 cm³/mol. The molecule has 0 spiro atoms. The third kappa shape index (κ3) is 3.48. The van der Waals surface area contributed by atoms with E-state index >= 15 is 0 Å². The summed E-state index contributed by atoms with van der Waals surface area (Å²) < 4.78 is 25.2. The fraction of sp³-hybridized carbons (Fsp3) is 0.263. The number of amides is 2. The second-order valence-electron chi connectivity index (χ2n) is 6.34. The van der Waals surface area contributed by atoms with Crippen LogP contribution >= 0.6 is 0 Å². The topological polar surface area (TPSA) is 83.6 Å². The van der Waals surface area contributed by atoms with Crippen LogP contribution < -0.4 is 9.62 Å². The van der Waals surface area contributed by atoms with Gasteiger partial charge in [-0.05, 0) is 42.3 Å².